The van der Waals surface area contributed by atoms with Gasteiger partial charge in [-0.1, -0.05) is 23.8 Å². The molecule has 140 valence electrons. The Labute approximate surface area is 154 Å². The van der Waals surface area contributed by atoms with Crippen LogP contribution in [0.25, 0.3) is 0 Å². The summed E-state index contributed by atoms with van der Waals surface area (Å²) in [5, 5.41) is 5.60. The number of rotatable bonds is 5. The predicted molar refractivity (Wildman–Crippen MR) is 97.8 cm³/mol. The first-order valence-corrected chi connectivity index (χ1v) is 8.04. The maximum absolute atomic E-state index is 13.3. The van der Waals surface area contributed by atoms with Crippen LogP contribution in [0.4, 0.5) is 36.3 Å². The van der Waals surface area contributed by atoms with Crippen molar-refractivity contribution in [2.45, 2.75) is 13.1 Å². The summed E-state index contributed by atoms with van der Waals surface area (Å²) in [4.78, 5) is 7.81. The van der Waals surface area contributed by atoms with Crippen molar-refractivity contribution in [3.8, 4) is 5.75 Å². The molecule has 1 heterocycles. The SMILES string of the molecule is COc1cccc(Nc2nc(Nc3ccc(C)cc3)ncc2C(F)(F)F)c1. The number of hydrogen-bond acceptors (Lipinski definition) is 5. The van der Waals surface area contributed by atoms with Gasteiger partial charge in [0.15, 0.2) is 0 Å². The van der Waals surface area contributed by atoms with E-state index in [9.17, 15) is 13.2 Å². The van der Waals surface area contributed by atoms with Crippen LogP contribution in [0.15, 0.2) is 54.7 Å². The highest BCUT2D eigenvalue weighted by atomic mass is 19.4. The van der Waals surface area contributed by atoms with Gasteiger partial charge in [0.05, 0.1) is 7.11 Å². The quantitative estimate of drug-likeness (QED) is 0.635. The van der Waals surface area contributed by atoms with Crippen LogP contribution >= 0.6 is 0 Å². The fourth-order valence-corrected chi connectivity index (χ4v) is 2.35. The van der Waals surface area contributed by atoms with Gasteiger partial charge < -0.3 is 15.4 Å². The van der Waals surface area contributed by atoms with Crippen LogP contribution in [0, 0.1) is 6.92 Å². The van der Waals surface area contributed by atoms with Crippen molar-refractivity contribution in [3.05, 3.63) is 65.9 Å². The molecule has 0 amide bonds. The third-order valence-electron chi connectivity index (χ3n) is 3.73. The van der Waals surface area contributed by atoms with E-state index in [1.807, 2.05) is 19.1 Å². The zero-order chi connectivity index (χ0) is 19.4. The van der Waals surface area contributed by atoms with Crippen LogP contribution in [0.1, 0.15) is 11.1 Å². The molecular weight excluding hydrogens is 357 g/mol. The highest BCUT2D eigenvalue weighted by Crippen LogP contribution is 2.35. The summed E-state index contributed by atoms with van der Waals surface area (Å²) < 4.78 is 45.1. The smallest absolute Gasteiger partial charge is 0.421 e. The van der Waals surface area contributed by atoms with Gasteiger partial charge in [0.25, 0.3) is 0 Å². The number of alkyl halides is 3. The van der Waals surface area contributed by atoms with Gasteiger partial charge in [-0.05, 0) is 31.2 Å². The van der Waals surface area contributed by atoms with Crippen molar-refractivity contribution in [1.29, 1.82) is 0 Å². The molecule has 5 nitrogen and oxygen atoms in total. The first-order valence-electron chi connectivity index (χ1n) is 8.04. The van der Waals surface area contributed by atoms with E-state index in [-0.39, 0.29) is 11.8 Å². The Morgan fingerprint density at radius 2 is 1.70 bits per heavy atom. The number of ether oxygens (including phenoxy) is 1. The molecule has 0 fully saturated rings. The van der Waals surface area contributed by atoms with Crippen LogP contribution in [-0.4, -0.2) is 17.1 Å². The van der Waals surface area contributed by atoms with Crippen molar-refractivity contribution in [2.24, 2.45) is 0 Å². The molecule has 0 atom stereocenters. The number of benzene rings is 2. The third-order valence-corrected chi connectivity index (χ3v) is 3.73. The van der Waals surface area contributed by atoms with E-state index in [4.69, 9.17) is 4.74 Å². The zero-order valence-corrected chi connectivity index (χ0v) is 14.6. The van der Waals surface area contributed by atoms with Crippen molar-refractivity contribution in [2.75, 3.05) is 17.7 Å². The Hall–Kier alpha value is -3.29. The van der Waals surface area contributed by atoms with Crippen molar-refractivity contribution >= 4 is 23.1 Å². The van der Waals surface area contributed by atoms with E-state index in [0.717, 1.165) is 11.8 Å². The molecule has 8 heteroatoms. The first-order chi connectivity index (χ1) is 12.8. The summed E-state index contributed by atoms with van der Waals surface area (Å²) in [6.07, 6.45) is -3.84. The Bertz CT molecular complexity index is 927. The molecule has 0 aliphatic carbocycles. The van der Waals surface area contributed by atoms with Gasteiger partial charge in [-0.15, -0.1) is 0 Å². The highest BCUT2D eigenvalue weighted by Gasteiger charge is 2.35. The zero-order valence-electron chi connectivity index (χ0n) is 14.6. The van der Waals surface area contributed by atoms with Crippen LogP contribution in [-0.2, 0) is 6.18 Å². The lowest BCUT2D eigenvalue weighted by molar-refractivity contribution is -0.137. The van der Waals surface area contributed by atoms with Gasteiger partial charge in [0, 0.05) is 23.6 Å². The number of halogens is 3. The average Bonchev–Trinajstić information content (AvgIpc) is 2.63. The second kappa shape index (κ2) is 7.53. The molecule has 0 spiro atoms. The van der Waals surface area contributed by atoms with Gasteiger partial charge in [0.2, 0.25) is 5.95 Å². The van der Waals surface area contributed by atoms with Crippen molar-refractivity contribution in [1.82, 2.24) is 9.97 Å². The molecule has 0 radical (unpaired) electrons. The molecule has 0 aliphatic heterocycles. The molecule has 0 bridgehead atoms. The van der Waals surface area contributed by atoms with Crippen LogP contribution < -0.4 is 15.4 Å². The number of anilines is 4. The molecule has 0 saturated heterocycles. The van der Waals surface area contributed by atoms with Crippen LogP contribution in [0.2, 0.25) is 0 Å². The lowest BCUT2D eigenvalue weighted by atomic mass is 10.2. The Morgan fingerprint density at radius 3 is 2.37 bits per heavy atom. The first kappa shape index (κ1) is 18.5. The van der Waals surface area contributed by atoms with Gasteiger partial charge in [0.1, 0.15) is 17.1 Å². The number of aromatic nitrogens is 2. The lowest BCUT2D eigenvalue weighted by Crippen LogP contribution is -2.12. The predicted octanol–water partition coefficient (Wildman–Crippen LogP) is 5.30. The van der Waals surface area contributed by atoms with Crippen molar-refractivity contribution in [3.63, 3.8) is 0 Å². The molecule has 0 aliphatic rings. The number of hydrogen-bond donors (Lipinski definition) is 2. The summed E-state index contributed by atoms with van der Waals surface area (Å²) in [6, 6.07) is 13.9. The maximum Gasteiger partial charge on any atom is 0.421 e. The lowest BCUT2D eigenvalue weighted by Gasteiger charge is -2.15. The van der Waals surface area contributed by atoms with Gasteiger partial charge in [-0.2, -0.15) is 18.2 Å². The molecular formula is C19H17F3N4O. The Morgan fingerprint density at radius 1 is 0.963 bits per heavy atom. The van der Waals surface area contributed by atoms with Crippen LogP contribution in [0.5, 0.6) is 5.75 Å². The topological polar surface area (TPSA) is 59.1 Å². The molecule has 0 unspecified atom stereocenters. The summed E-state index contributed by atoms with van der Waals surface area (Å²) in [5.41, 5.74) is 1.20. The van der Waals surface area contributed by atoms with E-state index >= 15 is 0 Å². The van der Waals surface area contributed by atoms with E-state index in [1.165, 1.54) is 7.11 Å². The number of nitrogens with zero attached hydrogens (tertiary/aromatic N) is 2. The summed E-state index contributed by atoms with van der Waals surface area (Å²) in [7, 11) is 1.48. The standard InChI is InChI=1S/C19H17F3N4O/c1-12-6-8-13(9-7-12)25-18-23-11-16(19(20,21)22)17(26-18)24-14-4-3-5-15(10-14)27-2/h3-11H,1-2H3,(H2,23,24,25,26). The van der Waals surface area contributed by atoms with Crippen LogP contribution in [0.3, 0.4) is 0 Å². The number of methoxy groups -OCH3 is 1. The van der Waals surface area contributed by atoms with Gasteiger partial charge >= 0.3 is 6.18 Å². The normalized spacial score (nSPS) is 11.1. The highest BCUT2D eigenvalue weighted by molar-refractivity contribution is 5.64. The van der Waals surface area contributed by atoms with E-state index in [0.29, 0.717) is 17.1 Å². The Kier molecular flexibility index (Phi) is 5.16. The minimum absolute atomic E-state index is 0.0530. The number of nitrogens with one attached hydrogen (secondary N) is 2. The van der Waals surface area contributed by atoms with E-state index in [1.54, 1.807) is 36.4 Å². The number of aryl methyl sites for hydroxylation is 1. The molecule has 2 aromatic carbocycles. The minimum Gasteiger partial charge on any atom is -0.497 e. The second-order valence-electron chi connectivity index (χ2n) is 5.80. The fraction of sp³-hybridized carbons (Fsp3) is 0.158. The van der Waals surface area contributed by atoms with Crippen molar-refractivity contribution < 1.29 is 17.9 Å². The largest absolute Gasteiger partial charge is 0.497 e. The molecule has 0 saturated carbocycles. The monoisotopic (exact) mass is 374 g/mol. The summed E-state index contributed by atoms with van der Waals surface area (Å²) in [5.74, 6) is 0.221. The molecule has 3 aromatic rings. The second-order valence-corrected chi connectivity index (χ2v) is 5.80. The minimum atomic E-state index is -4.59. The van der Waals surface area contributed by atoms with Gasteiger partial charge in [-0.3, -0.25) is 0 Å². The van der Waals surface area contributed by atoms with E-state index < -0.39 is 11.7 Å². The average molecular weight is 374 g/mol. The molecule has 27 heavy (non-hydrogen) atoms. The molecule has 2 N–H and O–H groups in total. The van der Waals surface area contributed by atoms with E-state index in [2.05, 4.69) is 20.6 Å². The third kappa shape index (κ3) is 4.66. The van der Waals surface area contributed by atoms with Gasteiger partial charge in [-0.25, -0.2) is 4.98 Å². The molecule has 1 aromatic heterocycles. The Balaban J connectivity index is 1.94. The summed E-state index contributed by atoms with van der Waals surface area (Å²) >= 11 is 0. The maximum atomic E-state index is 13.3. The fourth-order valence-electron chi connectivity index (χ4n) is 2.35. The summed E-state index contributed by atoms with van der Waals surface area (Å²) in [6.45, 7) is 1.94. The molecule has 3 rings (SSSR count).